The van der Waals surface area contributed by atoms with Gasteiger partial charge in [0.05, 0.1) is 0 Å². The first kappa shape index (κ1) is 18.0. The number of furan rings is 1. The van der Waals surface area contributed by atoms with Crippen molar-refractivity contribution in [3.8, 4) is 11.3 Å². The standard InChI is InChI=1S/C23H16ClNO3/c1-15-18(8-5-9-19(15)24)21-12-11-17(27-21)14-20-23(26)28-22(25-20)13-10-16-6-3-2-4-7-16/h2-14H,1H3/b13-10+,20-14-. The summed E-state index contributed by atoms with van der Waals surface area (Å²) < 4.78 is 11.0. The third-order valence-electron chi connectivity index (χ3n) is 4.29. The number of rotatable bonds is 4. The molecule has 3 aromatic rings. The Morgan fingerprint density at radius 2 is 1.79 bits per heavy atom. The van der Waals surface area contributed by atoms with Crippen molar-refractivity contribution in [3.63, 3.8) is 0 Å². The molecular weight excluding hydrogens is 374 g/mol. The van der Waals surface area contributed by atoms with Crippen LogP contribution in [0.25, 0.3) is 23.5 Å². The molecule has 2 aromatic carbocycles. The van der Waals surface area contributed by atoms with Gasteiger partial charge in [-0.3, -0.25) is 0 Å². The number of hydrogen-bond acceptors (Lipinski definition) is 4. The Balaban J connectivity index is 1.57. The minimum absolute atomic E-state index is 0.191. The van der Waals surface area contributed by atoms with Crippen molar-refractivity contribution in [1.82, 2.24) is 0 Å². The molecule has 0 fully saturated rings. The molecule has 4 nitrogen and oxygen atoms in total. The van der Waals surface area contributed by atoms with Crippen molar-refractivity contribution in [1.29, 1.82) is 0 Å². The lowest BCUT2D eigenvalue weighted by Gasteiger charge is -2.03. The van der Waals surface area contributed by atoms with Gasteiger partial charge in [0.2, 0.25) is 5.90 Å². The first-order chi connectivity index (χ1) is 13.6. The number of ether oxygens (including phenoxy) is 1. The van der Waals surface area contributed by atoms with E-state index in [9.17, 15) is 4.79 Å². The maximum Gasteiger partial charge on any atom is 0.363 e. The van der Waals surface area contributed by atoms with Gasteiger partial charge >= 0.3 is 5.97 Å². The number of benzene rings is 2. The highest BCUT2D eigenvalue weighted by Crippen LogP contribution is 2.30. The first-order valence-electron chi connectivity index (χ1n) is 8.71. The molecule has 1 aliphatic rings. The SMILES string of the molecule is Cc1c(Cl)cccc1-c1ccc(/C=C2N=C(/C=C/c3ccccc3)OC\2=O)o1. The lowest BCUT2D eigenvalue weighted by atomic mass is 10.1. The molecule has 0 radical (unpaired) electrons. The van der Waals surface area contributed by atoms with E-state index in [1.54, 1.807) is 18.2 Å². The Labute approximate surface area is 167 Å². The van der Waals surface area contributed by atoms with Gasteiger partial charge in [0.1, 0.15) is 11.5 Å². The monoisotopic (exact) mass is 389 g/mol. The lowest BCUT2D eigenvalue weighted by Crippen LogP contribution is -2.00. The molecule has 0 saturated heterocycles. The molecule has 2 heterocycles. The number of esters is 1. The van der Waals surface area contributed by atoms with Crippen LogP contribution in [-0.4, -0.2) is 11.9 Å². The molecule has 4 rings (SSSR count). The summed E-state index contributed by atoms with van der Waals surface area (Å²) in [6.45, 7) is 1.93. The van der Waals surface area contributed by atoms with Crippen LogP contribution < -0.4 is 0 Å². The van der Waals surface area contributed by atoms with Crippen molar-refractivity contribution in [2.24, 2.45) is 4.99 Å². The van der Waals surface area contributed by atoms with Crippen LogP contribution in [0.2, 0.25) is 5.02 Å². The van der Waals surface area contributed by atoms with Crippen molar-refractivity contribution in [2.45, 2.75) is 6.92 Å². The van der Waals surface area contributed by atoms with Gasteiger partial charge in [-0.1, -0.05) is 54.1 Å². The van der Waals surface area contributed by atoms with Crippen molar-refractivity contribution >= 4 is 35.6 Å². The van der Waals surface area contributed by atoms with Crippen molar-refractivity contribution in [3.05, 3.63) is 94.3 Å². The van der Waals surface area contributed by atoms with Crippen LogP contribution in [-0.2, 0) is 9.53 Å². The van der Waals surface area contributed by atoms with E-state index in [4.69, 9.17) is 20.8 Å². The van der Waals surface area contributed by atoms with Crippen molar-refractivity contribution < 1.29 is 13.9 Å². The Bertz CT molecular complexity index is 1120. The second-order valence-electron chi connectivity index (χ2n) is 6.23. The molecule has 0 aliphatic carbocycles. The topological polar surface area (TPSA) is 51.8 Å². The van der Waals surface area contributed by atoms with E-state index in [0.29, 0.717) is 16.5 Å². The van der Waals surface area contributed by atoms with Gasteiger partial charge in [-0.15, -0.1) is 0 Å². The summed E-state index contributed by atoms with van der Waals surface area (Å²) in [7, 11) is 0. The fraction of sp³-hybridized carbons (Fsp3) is 0.0435. The number of aliphatic imine (C=N–C) groups is 1. The summed E-state index contributed by atoms with van der Waals surface area (Å²) in [5.74, 6) is 0.923. The molecule has 0 bridgehead atoms. The van der Waals surface area contributed by atoms with Gasteiger partial charge in [0.15, 0.2) is 5.70 Å². The third-order valence-corrected chi connectivity index (χ3v) is 4.70. The maximum atomic E-state index is 12.1. The minimum atomic E-state index is -0.510. The predicted octanol–water partition coefficient (Wildman–Crippen LogP) is 5.92. The fourth-order valence-electron chi connectivity index (χ4n) is 2.81. The van der Waals surface area contributed by atoms with E-state index in [1.165, 1.54) is 0 Å². The van der Waals surface area contributed by atoms with E-state index in [-0.39, 0.29) is 11.6 Å². The van der Waals surface area contributed by atoms with Crippen LogP contribution in [0.5, 0.6) is 0 Å². The quantitative estimate of drug-likeness (QED) is 0.411. The van der Waals surface area contributed by atoms with Crippen LogP contribution in [0.3, 0.4) is 0 Å². The predicted molar refractivity (Wildman–Crippen MR) is 111 cm³/mol. The summed E-state index contributed by atoms with van der Waals surface area (Å²) in [5, 5.41) is 0.674. The highest BCUT2D eigenvalue weighted by Gasteiger charge is 2.22. The van der Waals surface area contributed by atoms with Gasteiger partial charge in [-0.25, -0.2) is 9.79 Å². The molecule has 0 atom stereocenters. The minimum Gasteiger partial charge on any atom is -0.457 e. The first-order valence-corrected chi connectivity index (χ1v) is 9.09. The molecule has 5 heteroatoms. The second kappa shape index (κ2) is 7.71. The van der Waals surface area contributed by atoms with E-state index >= 15 is 0 Å². The van der Waals surface area contributed by atoms with Gasteiger partial charge in [-0.05, 0) is 42.3 Å². The van der Waals surface area contributed by atoms with Crippen LogP contribution in [0.1, 0.15) is 16.9 Å². The zero-order valence-corrected chi connectivity index (χ0v) is 15.8. The molecular formula is C23H16ClNO3. The molecule has 1 aromatic heterocycles. The molecule has 0 spiro atoms. The third kappa shape index (κ3) is 3.82. The summed E-state index contributed by atoms with van der Waals surface area (Å²) >= 11 is 6.18. The number of halogens is 1. The molecule has 138 valence electrons. The number of cyclic esters (lactones) is 1. The average Bonchev–Trinajstić information content (AvgIpc) is 3.30. The zero-order chi connectivity index (χ0) is 19.5. The number of carbonyl (C=O) groups excluding carboxylic acids is 1. The molecule has 1 aliphatic heterocycles. The molecule has 0 saturated carbocycles. The van der Waals surface area contributed by atoms with Crippen LogP contribution >= 0.6 is 11.6 Å². The molecule has 0 N–H and O–H groups in total. The normalized spacial score (nSPS) is 15.3. The number of nitrogens with zero attached hydrogens (tertiary/aromatic N) is 1. The summed E-state index contributed by atoms with van der Waals surface area (Å²) in [6.07, 6.45) is 5.06. The summed E-state index contributed by atoms with van der Waals surface area (Å²) in [5.41, 5.74) is 3.02. The molecule has 28 heavy (non-hydrogen) atoms. The molecule has 0 unspecified atom stereocenters. The van der Waals surface area contributed by atoms with E-state index in [2.05, 4.69) is 4.99 Å². The van der Waals surface area contributed by atoms with Gasteiger partial charge in [0.25, 0.3) is 0 Å². The van der Waals surface area contributed by atoms with Crippen molar-refractivity contribution in [2.75, 3.05) is 0 Å². The smallest absolute Gasteiger partial charge is 0.363 e. The number of hydrogen-bond donors (Lipinski definition) is 0. The summed E-state index contributed by atoms with van der Waals surface area (Å²) in [4.78, 5) is 16.3. The Morgan fingerprint density at radius 3 is 2.61 bits per heavy atom. The fourth-order valence-corrected chi connectivity index (χ4v) is 2.99. The largest absolute Gasteiger partial charge is 0.457 e. The Hall–Kier alpha value is -3.37. The summed E-state index contributed by atoms with van der Waals surface area (Å²) in [6, 6.07) is 19.0. The molecule has 0 amide bonds. The van der Waals surface area contributed by atoms with Gasteiger partial charge in [-0.2, -0.15) is 0 Å². The van der Waals surface area contributed by atoms with Crippen LogP contribution in [0.4, 0.5) is 0 Å². The maximum absolute atomic E-state index is 12.1. The lowest BCUT2D eigenvalue weighted by molar-refractivity contribution is -0.129. The van der Waals surface area contributed by atoms with Gasteiger partial charge < -0.3 is 9.15 Å². The zero-order valence-electron chi connectivity index (χ0n) is 15.1. The highest BCUT2D eigenvalue weighted by atomic mass is 35.5. The second-order valence-corrected chi connectivity index (χ2v) is 6.63. The highest BCUT2D eigenvalue weighted by molar-refractivity contribution is 6.31. The average molecular weight is 390 g/mol. The van der Waals surface area contributed by atoms with Gasteiger partial charge in [0, 0.05) is 22.7 Å². The van der Waals surface area contributed by atoms with Crippen LogP contribution in [0, 0.1) is 6.92 Å². The Kier molecular flexibility index (Phi) is 4.96. The van der Waals surface area contributed by atoms with Crippen LogP contribution in [0.15, 0.2) is 81.8 Å². The van der Waals surface area contributed by atoms with E-state index in [0.717, 1.165) is 16.7 Å². The Morgan fingerprint density at radius 1 is 0.964 bits per heavy atom. The van der Waals surface area contributed by atoms with E-state index in [1.807, 2.05) is 67.6 Å². The van der Waals surface area contributed by atoms with E-state index < -0.39 is 5.97 Å². The number of carbonyl (C=O) groups is 1.